The first-order chi connectivity index (χ1) is 9.91. The quantitative estimate of drug-likeness (QED) is 0.862. The summed E-state index contributed by atoms with van der Waals surface area (Å²) in [6, 6.07) is 5.41. The summed E-state index contributed by atoms with van der Waals surface area (Å²) >= 11 is 9.67. The standard InChI is InChI=1S/C15H18BrClN2O2/c1-4-7-19-14(13(21-3)9-18-19)15(2,20)11-6-5-10(16)8-12(11)17/h5-6,8-9,20H,4,7H2,1-3H3. The summed E-state index contributed by atoms with van der Waals surface area (Å²) in [6.07, 6.45) is 2.52. The van der Waals surface area contributed by atoms with Gasteiger partial charge in [0.15, 0.2) is 5.75 Å². The molecule has 1 aromatic heterocycles. The van der Waals surface area contributed by atoms with E-state index in [1.807, 2.05) is 6.07 Å². The number of ether oxygens (including phenoxy) is 1. The molecule has 0 saturated carbocycles. The Labute approximate surface area is 137 Å². The smallest absolute Gasteiger partial charge is 0.163 e. The number of hydrogen-bond acceptors (Lipinski definition) is 3. The number of rotatable bonds is 5. The summed E-state index contributed by atoms with van der Waals surface area (Å²) in [5, 5.41) is 15.9. The maximum absolute atomic E-state index is 11.1. The molecule has 0 radical (unpaired) electrons. The van der Waals surface area contributed by atoms with Gasteiger partial charge in [0, 0.05) is 21.6 Å². The van der Waals surface area contributed by atoms with E-state index in [4.69, 9.17) is 16.3 Å². The molecule has 0 bridgehead atoms. The summed E-state index contributed by atoms with van der Waals surface area (Å²) in [4.78, 5) is 0. The highest BCUT2D eigenvalue weighted by Gasteiger charge is 2.35. The van der Waals surface area contributed by atoms with E-state index in [1.165, 1.54) is 0 Å². The van der Waals surface area contributed by atoms with E-state index in [1.54, 1.807) is 37.0 Å². The molecule has 0 spiro atoms. The first kappa shape index (κ1) is 16.3. The van der Waals surface area contributed by atoms with Crippen molar-refractivity contribution >= 4 is 27.5 Å². The second kappa shape index (κ2) is 6.38. The molecule has 1 aromatic carbocycles. The minimum atomic E-state index is -1.30. The van der Waals surface area contributed by atoms with Crippen LogP contribution in [-0.4, -0.2) is 22.0 Å². The lowest BCUT2D eigenvalue weighted by molar-refractivity contribution is 0.0883. The third-order valence-corrected chi connectivity index (χ3v) is 4.18. The molecule has 2 aromatic rings. The molecule has 0 fully saturated rings. The fourth-order valence-corrected chi connectivity index (χ4v) is 3.26. The van der Waals surface area contributed by atoms with Crippen molar-refractivity contribution in [2.75, 3.05) is 7.11 Å². The van der Waals surface area contributed by atoms with Crippen molar-refractivity contribution in [1.82, 2.24) is 9.78 Å². The van der Waals surface area contributed by atoms with E-state index < -0.39 is 5.60 Å². The molecule has 1 atom stereocenters. The lowest BCUT2D eigenvalue weighted by Crippen LogP contribution is -2.28. The molecule has 2 rings (SSSR count). The van der Waals surface area contributed by atoms with Crippen LogP contribution < -0.4 is 4.74 Å². The Morgan fingerprint density at radius 2 is 2.19 bits per heavy atom. The van der Waals surface area contributed by atoms with Crippen molar-refractivity contribution in [2.24, 2.45) is 0 Å². The lowest BCUT2D eigenvalue weighted by Gasteiger charge is -2.27. The van der Waals surface area contributed by atoms with Gasteiger partial charge in [0.25, 0.3) is 0 Å². The van der Waals surface area contributed by atoms with Gasteiger partial charge in [0.2, 0.25) is 0 Å². The van der Waals surface area contributed by atoms with E-state index in [0.29, 0.717) is 28.6 Å². The second-order valence-electron chi connectivity index (χ2n) is 4.98. The van der Waals surface area contributed by atoms with Gasteiger partial charge in [-0.15, -0.1) is 0 Å². The largest absolute Gasteiger partial charge is 0.493 e. The zero-order valence-electron chi connectivity index (χ0n) is 12.2. The molecule has 0 aliphatic carbocycles. The molecule has 6 heteroatoms. The van der Waals surface area contributed by atoms with Crippen molar-refractivity contribution in [3.63, 3.8) is 0 Å². The van der Waals surface area contributed by atoms with Gasteiger partial charge in [-0.25, -0.2) is 0 Å². The SMILES string of the molecule is CCCn1ncc(OC)c1C(C)(O)c1ccc(Br)cc1Cl. The number of aromatic nitrogens is 2. The highest BCUT2D eigenvalue weighted by molar-refractivity contribution is 9.10. The molecule has 0 aliphatic heterocycles. The van der Waals surface area contributed by atoms with E-state index in [-0.39, 0.29) is 0 Å². The molecule has 0 saturated heterocycles. The fraction of sp³-hybridized carbons (Fsp3) is 0.400. The summed E-state index contributed by atoms with van der Waals surface area (Å²) in [5.41, 5.74) is -0.0750. The number of benzene rings is 1. The van der Waals surface area contributed by atoms with Crippen molar-refractivity contribution in [1.29, 1.82) is 0 Å². The lowest BCUT2D eigenvalue weighted by atomic mass is 9.91. The minimum Gasteiger partial charge on any atom is -0.493 e. The summed E-state index contributed by atoms with van der Waals surface area (Å²) in [7, 11) is 1.57. The van der Waals surface area contributed by atoms with Crippen molar-refractivity contribution in [3.05, 3.63) is 45.1 Å². The van der Waals surface area contributed by atoms with E-state index >= 15 is 0 Å². The Morgan fingerprint density at radius 3 is 2.76 bits per heavy atom. The van der Waals surface area contributed by atoms with Crippen LogP contribution >= 0.6 is 27.5 Å². The Hall–Kier alpha value is -1.04. The van der Waals surface area contributed by atoms with Crippen LogP contribution in [0.3, 0.4) is 0 Å². The van der Waals surface area contributed by atoms with Gasteiger partial charge in [-0.1, -0.05) is 40.5 Å². The zero-order chi connectivity index (χ0) is 15.6. The van der Waals surface area contributed by atoms with Crippen LogP contribution in [0.5, 0.6) is 5.75 Å². The Bertz CT molecular complexity index is 641. The molecule has 1 N–H and O–H groups in total. The third-order valence-electron chi connectivity index (χ3n) is 3.38. The van der Waals surface area contributed by atoms with E-state index in [9.17, 15) is 5.11 Å². The predicted octanol–water partition coefficient (Wildman–Crippen LogP) is 3.97. The number of halogens is 2. The molecular weight excluding hydrogens is 356 g/mol. The van der Waals surface area contributed by atoms with Gasteiger partial charge in [-0.3, -0.25) is 4.68 Å². The first-order valence-electron chi connectivity index (χ1n) is 6.70. The van der Waals surface area contributed by atoms with Crippen LogP contribution in [0, 0.1) is 0 Å². The van der Waals surface area contributed by atoms with E-state index in [0.717, 1.165) is 10.9 Å². The summed E-state index contributed by atoms with van der Waals surface area (Å²) in [6.45, 7) is 4.45. The number of methoxy groups -OCH3 is 1. The van der Waals surface area contributed by atoms with Gasteiger partial charge in [-0.05, 0) is 25.5 Å². The zero-order valence-corrected chi connectivity index (χ0v) is 14.6. The molecular formula is C15H18BrClN2O2. The average molecular weight is 374 g/mol. The Kier molecular flexibility index (Phi) is 4.96. The number of aryl methyl sites for hydroxylation is 1. The molecule has 21 heavy (non-hydrogen) atoms. The second-order valence-corrected chi connectivity index (χ2v) is 6.30. The summed E-state index contributed by atoms with van der Waals surface area (Å²) < 4.78 is 7.97. The van der Waals surface area contributed by atoms with Gasteiger partial charge in [0.05, 0.1) is 13.3 Å². The summed E-state index contributed by atoms with van der Waals surface area (Å²) in [5.74, 6) is 0.549. The third kappa shape index (κ3) is 3.10. The van der Waals surface area contributed by atoms with Crippen molar-refractivity contribution in [2.45, 2.75) is 32.4 Å². The monoisotopic (exact) mass is 372 g/mol. The number of hydrogen-bond donors (Lipinski definition) is 1. The number of aliphatic hydroxyl groups is 1. The highest BCUT2D eigenvalue weighted by atomic mass is 79.9. The van der Waals surface area contributed by atoms with Gasteiger partial charge in [0.1, 0.15) is 11.3 Å². The molecule has 0 aliphatic rings. The van der Waals surface area contributed by atoms with Crippen LogP contribution in [0.25, 0.3) is 0 Å². The number of nitrogens with zero attached hydrogens (tertiary/aromatic N) is 2. The average Bonchev–Trinajstić information content (AvgIpc) is 2.82. The molecule has 1 unspecified atom stereocenters. The van der Waals surface area contributed by atoms with Crippen molar-refractivity contribution in [3.8, 4) is 5.75 Å². The molecule has 4 nitrogen and oxygen atoms in total. The fourth-order valence-electron chi connectivity index (χ4n) is 2.40. The molecule has 1 heterocycles. The van der Waals surface area contributed by atoms with Crippen LogP contribution in [0.2, 0.25) is 5.02 Å². The topological polar surface area (TPSA) is 47.3 Å². The molecule has 114 valence electrons. The van der Waals surface area contributed by atoms with Gasteiger partial charge >= 0.3 is 0 Å². The van der Waals surface area contributed by atoms with E-state index in [2.05, 4.69) is 28.0 Å². The highest BCUT2D eigenvalue weighted by Crippen LogP contribution is 2.39. The predicted molar refractivity (Wildman–Crippen MR) is 86.9 cm³/mol. The Balaban J connectivity index is 2.59. The van der Waals surface area contributed by atoms with Crippen LogP contribution in [0.4, 0.5) is 0 Å². The van der Waals surface area contributed by atoms with Crippen LogP contribution in [0.1, 0.15) is 31.5 Å². The first-order valence-corrected chi connectivity index (χ1v) is 7.87. The van der Waals surface area contributed by atoms with Crippen molar-refractivity contribution < 1.29 is 9.84 Å². The molecule has 0 amide bonds. The van der Waals surface area contributed by atoms with Gasteiger partial charge in [-0.2, -0.15) is 5.10 Å². The normalized spacial score (nSPS) is 14.0. The van der Waals surface area contributed by atoms with Crippen LogP contribution in [0.15, 0.2) is 28.9 Å². The Morgan fingerprint density at radius 1 is 1.48 bits per heavy atom. The maximum Gasteiger partial charge on any atom is 0.163 e. The maximum atomic E-state index is 11.1. The van der Waals surface area contributed by atoms with Crippen LogP contribution in [-0.2, 0) is 12.1 Å². The van der Waals surface area contributed by atoms with Gasteiger partial charge < -0.3 is 9.84 Å². The minimum absolute atomic E-state index is 0.487.